The van der Waals surface area contributed by atoms with Gasteiger partial charge in [0.1, 0.15) is 0 Å². The van der Waals surface area contributed by atoms with E-state index in [1.165, 1.54) is 4.90 Å². The maximum Gasteiger partial charge on any atom is 0.303 e. The van der Waals surface area contributed by atoms with E-state index < -0.39 is 5.97 Å². The summed E-state index contributed by atoms with van der Waals surface area (Å²) in [7, 11) is 0. The minimum Gasteiger partial charge on any atom is -0.481 e. The molecule has 1 aliphatic rings. The van der Waals surface area contributed by atoms with Crippen molar-refractivity contribution in [1.29, 1.82) is 0 Å². The molecule has 15 heavy (non-hydrogen) atoms. The fourth-order valence-corrected chi connectivity index (χ4v) is 1.39. The van der Waals surface area contributed by atoms with E-state index in [2.05, 4.69) is 5.32 Å². The summed E-state index contributed by atoms with van der Waals surface area (Å²) in [5.41, 5.74) is 0. The summed E-state index contributed by atoms with van der Waals surface area (Å²) in [6.07, 6.45) is 0.138. The number of carboxylic acid groups (broad SMARTS) is 1. The van der Waals surface area contributed by atoms with E-state index in [0.29, 0.717) is 26.1 Å². The molecule has 6 nitrogen and oxygen atoms in total. The molecule has 84 valence electrons. The number of nitrogens with zero attached hydrogens (tertiary/aromatic N) is 1. The Hall–Kier alpha value is -1.59. The third-order valence-electron chi connectivity index (χ3n) is 2.22. The zero-order chi connectivity index (χ0) is 11.3. The molecule has 0 aromatic heterocycles. The van der Waals surface area contributed by atoms with Crippen LogP contribution in [0, 0.1) is 0 Å². The average Bonchev–Trinajstić information content (AvgIpc) is 2.39. The second-order valence-electron chi connectivity index (χ2n) is 3.37. The van der Waals surface area contributed by atoms with Crippen LogP contribution in [0.1, 0.15) is 19.3 Å². The maximum atomic E-state index is 11.5. The van der Waals surface area contributed by atoms with Gasteiger partial charge in [0.25, 0.3) is 0 Å². The molecule has 0 unspecified atom stereocenters. The Morgan fingerprint density at radius 2 is 2.07 bits per heavy atom. The molecule has 0 atom stereocenters. The highest BCUT2D eigenvalue weighted by Gasteiger charge is 2.18. The van der Waals surface area contributed by atoms with Gasteiger partial charge in [0.05, 0.1) is 6.42 Å². The largest absolute Gasteiger partial charge is 0.481 e. The number of nitrogens with one attached hydrogen (secondary N) is 1. The molecule has 6 heteroatoms. The molecule has 0 aromatic carbocycles. The van der Waals surface area contributed by atoms with Gasteiger partial charge in [-0.15, -0.1) is 0 Å². The fourth-order valence-electron chi connectivity index (χ4n) is 1.39. The summed E-state index contributed by atoms with van der Waals surface area (Å²) in [5.74, 6) is -1.25. The Morgan fingerprint density at radius 3 is 2.73 bits per heavy atom. The molecule has 0 bridgehead atoms. The van der Waals surface area contributed by atoms with Gasteiger partial charge in [-0.3, -0.25) is 14.4 Å². The van der Waals surface area contributed by atoms with Crippen molar-refractivity contribution in [2.45, 2.75) is 19.3 Å². The Balaban J connectivity index is 2.38. The van der Waals surface area contributed by atoms with Crippen molar-refractivity contribution in [3.63, 3.8) is 0 Å². The number of carbonyl (C=O) groups is 3. The van der Waals surface area contributed by atoms with E-state index in [0.717, 1.165) is 0 Å². The van der Waals surface area contributed by atoms with Crippen LogP contribution in [0.4, 0.5) is 0 Å². The average molecular weight is 214 g/mol. The van der Waals surface area contributed by atoms with Crippen molar-refractivity contribution in [2.75, 3.05) is 19.6 Å². The lowest BCUT2D eigenvalue weighted by atomic mass is 10.2. The highest BCUT2D eigenvalue weighted by atomic mass is 16.4. The molecule has 0 aromatic rings. The van der Waals surface area contributed by atoms with Gasteiger partial charge < -0.3 is 15.3 Å². The summed E-state index contributed by atoms with van der Waals surface area (Å²) < 4.78 is 0. The predicted molar refractivity (Wildman–Crippen MR) is 51.1 cm³/mol. The van der Waals surface area contributed by atoms with E-state index in [1.54, 1.807) is 0 Å². The topological polar surface area (TPSA) is 86.7 Å². The fraction of sp³-hybridized carbons (Fsp3) is 0.667. The Morgan fingerprint density at radius 1 is 1.33 bits per heavy atom. The normalized spacial score (nSPS) is 16.8. The van der Waals surface area contributed by atoms with Gasteiger partial charge in [-0.1, -0.05) is 0 Å². The van der Waals surface area contributed by atoms with Crippen LogP contribution in [0.25, 0.3) is 0 Å². The van der Waals surface area contributed by atoms with Crippen LogP contribution in [-0.2, 0) is 14.4 Å². The van der Waals surface area contributed by atoms with E-state index in [4.69, 9.17) is 5.11 Å². The molecule has 0 aliphatic carbocycles. The first kappa shape index (κ1) is 11.5. The van der Waals surface area contributed by atoms with Crippen LogP contribution in [0.15, 0.2) is 0 Å². The molecule has 2 N–H and O–H groups in total. The summed E-state index contributed by atoms with van der Waals surface area (Å²) in [6, 6.07) is 0. The number of hydrogen-bond acceptors (Lipinski definition) is 3. The maximum absolute atomic E-state index is 11.5. The number of hydrogen-bond donors (Lipinski definition) is 2. The third kappa shape index (κ3) is 3.97. The number of carboxylic acids is 1. The van der Waals surface area contributed by atoms with Gasteiger partial charge in [0, 0.05) is 32.5 Å². The molecule has 1 fully saturated rings. The van der Waals surface area contributed by atoms with Crippen molar-refractivity contribution < 1.29 is 19.5 Å². The number of rotatable bonds is 3. The lowest BCUT2D eigenvalue weighted by Crippen LogP contribution is -2.34. The van der Waals surface area contributed by atoms with E-state index in [1.807, 2.05) is 0 Å². The van der Waals surface area contributed by atoms with Crippen LogP contribution in [0.2, 0.25) is 0 Å². The van der Waals surface area contributed by atoms with E-state index in [9.17, 15) is 14.4 Å². The molecule has 1 saturated heterocycles. The summed E-state index contributed by atoms with van der Waals surface area (Å²) in [6.45, 7) is 1.28. The first-order chi connectivity index (χ1) is 7.09. The lowest BCUT2D eigenvalue weighted by molar-refractivity contribution is -0.140. The number of amides is 2. The summed E-state index contributed by atoms with van der Waals surface area (Å²) >= 11 is 0. The minimum atomic E-state index is -0.979. The van der Waals surface area contributed by atoms with Gasteiger partial charge in [-0.25, -0.2) is 0 Å². The van der Waals surface area contributed by atoms with Crippen molar-refractivity contribution in [1.82, 2.24) is 10.2 Å². The van der Waals surface area contributed by atoms with Crippen molar-refractivity contribution in [3.05, 3.63) is 0 Å². The van der Waals surface area contributed by atoms with E-state index in [-0.39, 0.29) is 24.7 Å². The van der Waals surface area contributed by atoms with E-state index >= 15 is 0 Å². The van der Waals surface area contributed by atoms with Gasteiger partial charge in [0.2, 0.25) is 11.8 Å². The molecule has 1 rings (SSSR count). The molecular formula is C9H14N2O4. The second-order valence-corrected chi connectivity index (χ2v) is 3.37. The van der Waals surface area contributed by atoms with Gasteiger partial charge in [-0.2, -0.15) is 0 Å². The van der Waals surface area contributed by atoms with Crippen LogP contribution in [0.3, 0.4) is 0 Å². The summed E-state index contributed by atoms with van der Waals surface area (Å²) in [4.78, 5) is 34.3. The van der Waals surface area contributed by atoms with Crippen LogP contribution < -0.4 is 5.32 Å². The Kier molecular flexibility index (Phi) is 4.08. The highest BCUT2D eigenvalue weighted by molar-refractivity contribution is 5.82. The first-order valence-electron chi connectivity index (χ1n) is 4.86. The third-order valence-corrected chi connectivity index (χ3v) is 2.22. The highest BCUT2D eigenvalue weighted by Crippen LogP contribution is 2.01. The lowest BCUT2D eigenvalue weighted by Gasteiger charge is -2.18. The molecule has 0 spiro atoms. The smallest absolute Gasteiger partial charge is 0.303 e. The minimum absolute atomic E-state index is 0.00350. The molecule has 1 aliphatic heterocycles. The first-order valence-corrected chi connectivity index (χ1v) is 4.86. The Labute approximate surface area is 87.2 Å². The van der Waals surface area contributed by atoms with Gasteiger partial charge in [0.15, 0.2) is 0 Å². The Bertz CT molecular complexity index is 277. The SMILES string of the molecule is O=C(O)CCC(=O)N1CCNC(=O)CC1. The molecule has 0 saturated carbocycles. The predicted octanol–water partition coefficient (Wildman–Crippen LogP) is -0.800. The monoisotopic (exact) mass is 214 g/mol. The molecule has 1 heterocycles. The van der Waals surface area contributed by atoms with Gasteiger partial charge in [-0.05, 0) is 0 Å². The zero-order valence-electron chi connectivity index (χ0n) is 8.36. The molecule has 0 radical (unpaired) electrons. The standard InChI is InChI=1S/C9H14N2O4/c12-7-3-5-11(6-4-10-7)8(13)1-2-9(14)15/h1-6H2,(H,10,12)(H,14,15). The van der Waals surface area contributed by atoms with Gasteiger partial charge >= 0.3 is 5.97 Å². The number of carbonyl (C=O) groups excluding carboxylic acids is 2. The summed E-state index contributed by atoms with van der Waals surface area (Å²) in [5, 5.41) is 11.1. The molecule has 2 amide bonds. The van der Waals surface area contributed by atoms with Crippen molar-refractivity contribution in [2.24, 2.45) is 0 Å². The van der Waals surface area contributed by atoms with Crippen LogP contribution in [0.5, 0.6) is 0 Å². The molecular weight excluding hydrogens is 200 g/mol. The second kappa shape index (κ2) is 5.33. The van der Waals surface area contributed by atoms with Crippen molar-refractivity contribution in [3.8, 4) is 0 Å². The quantitative estimate of drug-likeness (QED) is 0.644. The van der Waals surface area contributed by atoms with Crippen LogP contribution >= 0.6 is 0 Å². The van der Waals surface area contributed by atoms with Crippen molar-refractivity contribution >= 4 is 17.8 Å². The van der Waals surface area contributed by atoms with Crippen LogP contribution in [-0.4, -0.2) is 47.4 Å². The number of aliphatic carboxylic acids is 1. The zero-order valence-corrected chi connectivity index (χ0v) is 8.36.